The Morgan fingerprint density at radius 2 is 1.92 bits per heavy atom. The van der Waals surface area contributed by atoms with Crippen LogP contribution in [0.5, 0.6) is 0 Å². The van der Waals surface area contributed by atoms with Crippen LogP contribution in [0.25, 0.3) is 10.9 Å². The fourth-order valence-electron chi connectivity index (χ4n) is 6.24. The lowest BCUT2D eigenvalue weighted by Crippen LogP contribution is -2.37. The number of hydrogen-bond acceptors (Lipinski definition) is 5. The van der Waals surface area contributed by atoms with Crippen molar-refractivity contribution in [3.63, 3.8) is 0 Å². The van der Waals surface area contributed by atoms with Crippen molar-refractivity contribution in [3.05, 3.63) is 47.9 Å². The number of benzene rings is 1. The van der Waals surface area contributed by atoms with E-state index < -0.39 is 17.8 Å². The maximum Gasteiger partial charge on any atom is 0.433 e. The SMILES string of the molecule is CC(C)C1CCC(n2cc3cc(NC(=O)c4cccc(C(F)(F)F)n4)c(N4C[C@@H]5C[C@H]4CO5)cc3n2)CC1. The van der Waals surface area contributed by atoms with Crippen LogP contribution < -0.4 is 10.2 Å². The van der Waals surface area contributed by atoms with Crippen molar-refractivity contribution in [2.24, 2.45) is 11.8 Å². The fourth-order valence-corrected chi connectivity index (χ4v) is 6.24. The molecule has 0 spiro atoms. The number of fused-ring (bicyclic) bond motifs is 3. The second-order valence-corrected chi connectivity index (χ2v) is 11.2. The normalized spacial score (nSPS) is 25.5. The topological polar surface area (TPSA) is 72.3 Å². The predicted molar refractivity (Wildman–Crippen MR) is 138 cm³/mol. The first-order valence-electron chi connectivity index (χ1n) is 13.4. The first-order valence-corrected chi connectivity index (χ1v) is 13.4. The number of nitrogens with zero attached hydrogens (tertiary/aromatic N) is 4. The lowest BCUT2D eigenvalue weighted by molar-refractivity contribution is -0.141. The molecule has 1 aliphatic carbocycles. The number of hydrogen-bond donors (Lipinski definition) is 1. The smallest absolute Gasteiger partial charge is 0.374 e. The average molecular weight is 528 g/mol. The number of carbonyl (C=O) groups is 1. The Kier molecular flexibility index (Phi) is 6.32. The Labute approximate surface area is 219 Å². The van der Waals surface area contributed by atoms with Crippen LogP contribution >= 0.6 is 0 Å². The highest BCUT2D eigenvalue weighted by molar-refractivity contribution is 6.06. The molecule has 202 valence electrons. The Hall–Kier alpha value is -3.14. The van der Waals surface area contributed by atoms with Crippen LogP contribution in [0.3, 0.4) is 0 Å². The van der Waals surface area contributed by atoms with Gasteiger partial charge in [0.15, 0.2) is 0 Å². The molecule has 1 amide bonds. The lowest BCUT2D eigenvalue weighted by atomic mass is 9.80. The summed E-state index contributed by atoms with van der Waals surface area (Å²) in [5.74, 6) is 0.756. The third-order valence-corrected chi connectivity index (χ3v) is 8.43. The Balaban J connectivity index is 1.32. The van der Waals surface area contributed by atoms with Gasteiger partial charge in [0, 0.05) is 18.1 Å². The quantitative estimate of drug-likeness (QED) is 0.436. The molecule has 10 heteroatoms. The number of alkyl halides is 3. The van der Waals surface area contributed by atoms with Gasteiger partial charge in [-0.15, -0.1) is 0 Å². The summed E-state index contributed by atoms with van der Waals surface area (Å²) in [7, 11) is 0. The van der Waals surface area contributed by atoms with E-state index in [4.69, 9.17) is 9.84 Å². The molecule has 38 heavy (non-hydrogen) atoms. The molecule has 2 saturated heterocycles. The van der Waals surface area contributed by atoms with E-state index in [9.17, 15) is 18.0 Å². The molecule has 0 radical (unpaired) electrons. The summed E-state index contributed by atoms with van der Waals surface area (Å²) in [6.07, 6.45) is 2.99. The molecular formula is C28H32F3N5O2. The maximum absolute atomic E-state index is 13.2. The lowest BCUT2D eigenvalue weighted by Gasteiger charge is -2.31. The third kappa shape index (κ3) is 4.74. The molecular weight excluding hydrogens is 495 g/mol. The number of rotatable bonds is 5. The van der Waals surface area contributed by atoms with Crippen molar-refractivity contribution in [3.8, 4) is 0 Å². The van der Waals surface area contributed by atoms with Crippen molar-refractivity contribution in [2.45, 2.75) is 70.3 Å². The minimum absolute atomic E-state index is 0.137. The van der Waals surface area contributed by atoms with E-state index in [0.29, 0.717) is 30.8 Å². The molecule has 1 saturated carbocycles. The summed E-state index contributed by atoms with van der Waals surface area (Å²) < 4.78 is 47.4. The van der Waals surface area contributed by atoms with Gasteiger partial charge < -0.3 is 15.0 Å². The van der Waals surface area contributed by atoms with Crippen molar-refractivity contribution in [2.75, 3.05) is 23.4 Å². The van der Waals surface area contributed by atoms with Crippen LogP contribution in [0.1, 0.15) is 68.2 Å². The number of ether oxygens (including phenoxy) is 1. The third-order valence-electron chi connectivity index (χ3n) is 8.43. The van der Waals surface area contributed by atoms with Crippen LogP contribution in [-0.4, -0.2) is 46.0 Å². The second kappa shape index (κ2) is 9.55. The van der Waals surface area contributed by atoms with Gasteiger partial charge in [-0.2, -0.15) is 18.3 Å². The first-order chi connectivity index (χ1) is 18.2. The van der Waals surface area contributed by atoms with E-state index in [0.717, 1.165) is 47.8 Å². The van der Waals surface area contributed by atoms with E-state index in [-0.39, 0.29) is 17.8 Å². The Morgan fingerprint density at radius 1 is 1.13 bits per heavy atom. The van der Waals surface area contributed by atoms with Gasteiger partial charge in [0.2, 0.25) is 0 Å². The van der Waals surface area contributed by atoms with Crippen LogP contribution in [0.15, 0.2) is 36.5 Å². The Bertz CT molecular complexity index is 1350. The molecule has 3 fully saturated rings. The zero-order valence-corrected chi connectivity index (χ0v) is 21.5. The van der Waals surface area contributed by atoms with E-state index >= 15 is 0 Å². The number of morpholine rings is 1. The second-order valence-electron chi connectivity index (χ2n) is 11.2. The van der Waals surface area contributed by atoms with Gasteiger partial charge >= 0.3 is 6.18 Å². The van der Waals surface area contributed by atoms with Crippen molar-refractivity contribution in [1.82, 2.24) is 14.8 Å². The number of amides is 1. The molecule has 2 aliphatic heterocycles. The van der Waals surface area contributed by atoms with Crippen LogP contribution in [0.4, 0.5) is 24.5 Å². The van der Waals surface area contributed by atoms with E-state index in [2.05, 4.69) is 33.7 Å². The summed E-state index contributed by atoms with van der Waals surface area (Å²) in [5, 5.41) is 8.66. The molecule has 1 N–H and O–H groups in total. The van der Waals surface area contributed by atoms with Crippen molar-refractivity contribution < 1.29 is 22.7 Å². The number of carbonyl (C=O) groups excluding carboxylic acids is 1. The minimum Gasteiger partial charge on any atom is -0.374 e. The molecule has 3 aliphatic rings. The zero-order chi connectivity index (χ0) is 26.6. The molecule has 2 bridgehead atoms. The molecule has 2 atom stereocenters. The maximum atomic E-state index is 13.2. The standard InChI is InChI=1S/C28H32F3N5O2/c1-16(2)17-6-8-19(9-7-17)36-13-18-10-24(33-27(37)22-4-3-5-26(32-22)28(29,30)31)25(12-23(18)34-36)35-14-21-11-20(35)15-38-21/h3-5,10,12-13,16-17,19-21H,6-9,11,14-15H2,1-2H3,(H,33,37)/t17?,19?,20-,21-/m0/s1. The van der Waals surface area contributed by atoms with E-state index in [1.165, 1.54) is 25.0 Å². The van der Waals surface area contributed by atoms with Crippen molar-refractivity contribution in [1.29, 1.82) is 0 Å². The van der Waals surface area contributed by atoms with Gasteiger partial charge in [-0.05, 0) is 68.2 Å². The van der Waals surface area contributed by atoms with Crippen LogP contribution in [-0.2, 0) is 10.9 Å². The molecule has 0 unspecified atom stereocenters. The Morgan fingerprint density at radius 3 is 2.58 bits per heavy atom. The van der Waals surface area contributed by atoms with Gasteiger partial charge in [0.25, 0.3) is 5.91 Å². The van der Waals surface area contributed by atoms with Gasteiger partial charge in [-0.3, -0.25) is 9.48 Å². The number of pyridine rings is 1. The van der Waals surface area contributed by atoms with Crippen LogP contribution in [0.2, 0.25) is 0 Å². The monoisotopic (exact) mass is 527 g/mol. The summed E-state index contributed by atoms with van der Waals surface area (Å²) in [4.78, 5) is 18.9. The van der Waals surface area contributed by atoms with E-state index in [1.54, 1.807) is 0 Å². The zero-order valence-electron chi connectivity index (χ0n) is 21.5. The first kappa shape index (κ1) is 25.2. The van der Waals surface area contributed by atoms with E-state index in [1.807, 2.05) is 18.3 Å². The highest BCUT2D eigenvalue weighted by Gasteiger charge is 2.40. The fraction of sp³-hybridized carbons (Fsp3) is 0.536. The van der Waals surface area contributed by atoms with Gasteiger partial charge in [-0.25, -0.2) is 4.98 Å². The summed E-state index contributed by atoms with van der Waals surface area (Å²) in [6, 6.07) is 7.74. The molecule has 2 aromatic heterocycles. The minimum atomic E-state index is -4.63. The van der Waals surface area contributed by atoms with Crippen LogP contribution in [0, 0.1) is 11.8 Å². The average Bonchev–Trinajstić information content (AvgIpc) is 3.63. The molecule has 3 aromatic rings. The highest BCUT2D eigenvalue weighted by atomic mass is 19.4. The molecule has 6 rings (SSSR count). The number of anilines is 2. The number of nitrogens with one attached hydrogen (secondary N) is 1. The molecule has 7 nitrogen and oxygen atoms in total. The van der Waals surface area contributed by atoms with Gasteiger partial charge in [-0.1, -0.05) is 19.9 Å². The molecule has 4 heterocycles. The number of aromatic nitrogens is 3. The van der Waals surface area contributed by atoms with Gasteiger partial charge in [0.1, 0.15) is 11.4 Å². The predicted octanol–water partition coefficient (Wildman–Crippen LogP) is 6.07. The summed E-state index contributed by atoms with van der Waals surface area (Å²) >= 11 is 0. The van der Waals surface area contributed by atoms with Gasteiger partial charge in [0.05, 0.1) is 41.7 Å². The number of halogens is 3. The van der Waals surface area contributed by atoms with Crippen molar-refractivity contribution >= 4 is 28.2 Å². The largest absolute Gasteiger partial charge is 0.433 e. The summed E-state index contributed by atoms with van der Waals surface area (Å²) in [6.45, 7) is 5.88. The molecule has 1 aromatic carbocycles. The highest BCUT2D eigenvalue weighted by Crippen LogP contribution is 2.40. The summed E-state index contributed by atoms with van der Waals surface area (Å²) in [5.41, 5.74) is 0.808.